The minimum atomic E-state index is -0.889. The fourth-order valence-electron chi connectivity index (χ4n) is 4.86. The number of benzene rings is 2. The summed E-state index contributed by atoms with van der Waals surface area (Å²) in [4.78, 5) is 37.8. The van der Waals surface area contributed by atoms with Gasteiger partial charge in [0.15, 0.2) is 5.65 Å². The highest BCUT2D eigenvalue weighted by atomic mass is 32.2. The van der Waals surface area contributed by atoms with Crippen molar-refractivity contribution < 1.29 is 13.6 Å². The Labute approximate surface area is 254 Å². The van der Waals surface area contributed by atoms with E-state index in [9.17, 15) is 9.59 Å². The van der Waals surface area contributed by atoms with Gasteiger partial charge >= 0.3 is 0 Å². The first kappa shape index (κ1) is 32.1. The van der Waals surface area contributed by atoms with Crippen molar-refractivity contribution in [3.05, 3.63) is 81.6 Å². The highest BCUT2D eigenvalue weighted by Gasteiger charge is 2.21. The number of aromatic nitrogens is 3. The number of aryl methyl sites for hydroxylation is 1. The Morgan fingerprint density at radius 1 is 1.00 bits per heavy atom. The fourth-order valence-corrected chi connectivity index (χ4v) is 5.40. The molecule has 0 spiro atoms. The summed E-state index contributed by atoms with van der Waals surface area (Å²) in [6, 6.07) is 11.6. The second-order valence-corrected chi connectivity index (χ2v) is 11.4. The second-order valence-electron chi connectivity index (χ2n) is 10.0. The number of hydrogen-bond donors (Lipinski definition) is 2. The maximum Gasteiger partial charge on any atom is 0.256 e. The standard InChI is InChI=1S/C32H38F2N6O2S/c1-5-39(6-2)18-9-16-36-32-37-28(24-20-22(13-12-21(24)4)31(42)35-17-19-43-7-3)23-14-15-27(41)40(30(23)38-32)29-25(33)10-8-11-26(29)34/h8,10-15,20H,5-7,9,16-19H2,1-4H3,(H,35,42)(H,36,37,38). The molecule has 0 aliphatic carbocycles. The average molecular weight is 609 g/mol. The van der Waals surface area contributed by atoms with Crippen molar-refractivity contribution in [2.75, 3.05) is 49.5 Å². The van der Waals surface area contributed by atoms with Gasteiger partial charge in [-0.3, -0.25) is 14.2 Å². The predicted octanol–water partition coefficient (Wildman–Crippen LogP) is 5.66. The summed E-state index contributed by atoms with van der Waals surface area (Å²) in [5.74, 6) is 0.00352. The summed E-state index contributed by atoms with van der Waals surface area (Å²) in [6.07, 6.45) is 0.812. The van der Waals surface area contributed by atoms with Crippen LogP contribution in [0.3, 0.4) is 0 Å². The van der Waals surface area contributed by atoms with Crippen LogP contribution in [0.5, 0.6) is 0 Å². The molecule has 11 heteroatoms. The molecule has 0 radical (unpaired) electrons. The van der Waals surface area contributed by atoms with E-state index in [2.05, 4.69) is 41.3 Å². The van der Waals surface area contributed by atoms with Gasteiger partial charge in [0, 0.05) is 41.4 Å². The Morgan fingerprint density at radius 3 is 2.44 bits per heavy atom. The smallest absolute Gasteiger partial charge is 0.256 e. The lowest BCUT2D eigenvalue weighted by Crippen LogP contribution is -2.26. The molecule has 228 valence electrons. The molecule has 2 aromatic heterocycles. The van der Waals surface area contributed by atoms with Crippen molar-refractivity contribution >= 4 is 34.7 Å². The molecule has 2 N–H and O–H groups in total. The van der Waals surface area contributed by atoms with Crippen LogP contribution in [-0.2, 0) is 0 Å². The molecule has 4 aromatic rings. The minimum Gasteiger partial charge on any atom is -0.354 e. The topological polar surface area (TPSA) is 92.2 Å². The molecule has 1 amide bonds. The van der Waals surface area contributed by atoms with Crippen LogP contribution < -0.4 is 16.2 Å². The van der Waals surface area contributed by atoms with E-state index >= 15 is 8.78 Å². The Morgan fingerprint density at radius 2 is 1.74 bits per heavy atom. The quantitative estimate of drug-likeness (QED) is 0.179. The number of fused-ring (bicyclic) bond motifs is 1. The fraction of sp³-hybridized carbons (Fsp3) is 0.375. The number of halogens is 2. The van der Waals surface area contributed by atoms with E-state index in [1.54, 1.807) is 30.0 Å². The number of rotatable bonds is 14. The van der Waals surface area contributed by atoms with Crippen molar-refractivity contribution in [1.29, 1.82) is 0 Å². The highest BCUT2D eigenvalue weighted by molar-refractivity contribution is 7.99. The predicted molar refractivity (Wildman–Crippen MR) is 171 cm³/mol. The van der Waals surface area contributed by atoms with Crippen LogP contribution in [0.15, 0.2) is 53.3 Å². The first-order valence-corrected chi connectivity index (χ1v) is 15.8. The van der Waals surface area contributed by atoms with Gasteiger partial charge in [0.1, 0.15) is 17.3 Å². The number of carbonyl (C=O) groups excluding carboxylic acids is 1. The molecule has 0 saturated heterocycles. The largest absolute Gasteiger partial charge is 0.354 e. The summed E-state index contributed by atoms with van der Waals surface area (Å²) < 4.78 is 31.0. The van der Waals surface area contributed by atoms with E-state index < -0.39 is 22.9 Å². The molecule has 4 rings (SSSR count). The molecule has 0 unspecified atom stereocenters. The molecule has 0 saturated carbocycles. The first-order valence-electron chi connectivity index (χ1n) is 14.6. The summed E-state index contributed by atoms with van der Waals surface area (Å²) in [6.45, 7) is 12.0. The lowest BCUT2D eigenvalue weighted by molar-refractivity contribution is 0.0956. The molecular weight excluding hydrogens is 570 g/mol. The molecule has 0 atom stereocenters. The molecule has 0 aliphatic heterocycles. The summed E-state index contributed by atoms with van der Waals surface area (Å²) >= 11 is 1.74. The molecule has 43 heavy (non-hydrogen) atoms. The second kappa shape index (κ2) is 15.1. The molecule has 2 heterocycles. The SMILES string of the molecule is CCSCCNC(=O)c1ccc(C)c(-c2nc(NCCCN(CC)CC)nc3c2ccc(=O)n3-c2c(F)cccc2F)c1. The normalized spacial score (nSPS) is 11.3. The van der Waals surface area contributed by atoms with E-state index in [0.717, 1.165) is 59.8 Å². The average Bonchev–Trinajstić information content (AvgIpc) is 3.00. The number of pyridine rings is 1. The van der Waals surface area contributed by atoms with Gasteiger partial charge in [-0.25, -0.2) is 13.8 Å². The van der Waals surface area contributed by atoms with Gasteiger partial charge in [-0.05, 0) is 74.6 Å². The van der Waals surface area contributed by atoms with Crippen molar-refractivity contribution in [1.82, 2.24) is 24.8 Å². The van der Waals surface area contributed by atoms with Crippen LogP contribution >= 0.6 is 11.8 Å². The number of nitrogens with zero attached hydrogens (tertiary/aromatic N) is 4. The summed E-state index contributed by atoms with van der Waals surface area (Å²) in [7, 11) is 0. The monoisotopic (exact) mass is 608 g/mol. The number of nitrogens with one attached hydrogen (secondary N) is 2. The maximum absolute atomic E-state index is 15.0. The number of hydrogen-bond acceptors (Lipinski definition) is 7. The van der Waals surface area contributed by atoms with Gasteiger partial charge in [0.25, 0.3) is 11.5 Å². The van der Waals surface area contributed by atoms with E-state index in [-0.39, 0.29) is 17.5 Å². The zero-order valence-corrected chi connectivity index (χ0v) is 25.9. The van der Waals surface area contributed by atoms with Crippen LogP contribution in [0, 0.1) is 18.6 Å². The third kappa shape index (κ3) is 7.58. The maximum atomic E-state index is 15.0. The van der Waals surface area contributed by atoms with Crippen molar-refractivity contribution in [3.8, 4) is 16.9 Å². The molecule has 0 fully saturated rings. The summed E-state index contributed by atoms with van der Waals surface area (Å²) in [5, 5.41) is 6.60. The molecular formula is C32H38F2N6O2S. The van der Waals surface area contributed by atoms with Crippen LogP contribution in [-0.4, -0.2) is 69.6 Å². The number of anilines is 1. The lowest BCUT2D eigenvalue weighted by atomic mass is 9.99. The molecule has 8 nitrogen and oxygen atoms in total. The first-order chi connectivity index (χ1) is 20.8. The Hall–Kier alpha value is -3.83. The van der Waals surface area contributed by atoms with E-state index in [4.69, 9.17) is 4.98 Å². The lowest BCUT2D eigenvalue weighted by Gasteiger charge is -2.18. The minimum absolute atomic E-state index is 0.0542. The van der Waals surface area contributed by atoms with Gasteiger partial charge in [-0.1, -0.05) is 32.9 Å². The third-order valence-electron chi connectivity index (χ3n) is 7.23. The Bertz CT molecular complexity index is 1620. The molecule has 2 aromatic carbocycles. The van der Waals surface area contributed by atoms with Crippen LogP contribution in [0.25, 0.3) is 28.0 Å². The van der Waals surface area contributed by atoms with E-state index in [1.165, 1.54) is 12.1 Å². The highest BCUT2D eigenvalue weighted by Crippen LogP contribution is 2.31. The number of amides is 1. The van der Waals surface area contributed by atoms with Crippen molar-refractivity contribution in [3.63, 3.8) is 0 Å². The van der Waals surface area contributed by atoms with Crippen LogP contribution in [0.4, 0.5) is 14.7 Å². The van der Waals surface area contributed by atoms with Crippen LogP contribution in [0.1, 0.15) is 43.1 Å². The van der Waals surface area contributed by atoms with Gasteiger partial charge in [0.2, 0.25) is 5.95 Å². The zero-order chi connectivity index (χ0) is 30.9. The van der Waals surface area contributed by atoms with E-state index in [0.29, 0.717) is 35.3 Å². The Balaban J connectivity index is 1.85. The number of thioether (sulfide) groups is 1. The number of para-hydroxylation sites is 1. The zero-order valence-electron chi connectivity index (χ0n) is 25.0. The van der Waals surface area contributed by atoms with Gasteiger partial charge in [0.05, 0.1) is 5.69 Å². The van der Waals surface area contributed by atoms with Gasteiger partial charge in [-0.15, -0.1) is 0 Å². The number of carbonyl (C=O) groups is 1. The molecule has 0 bridgehead atoms. The van der Waals surface area contributed by atoms with Crippen LogP contribution in [0.2, 0.25) is 0 Å². The van der Waals surface area contributed by atoms with Crippen molar-refractivity contribution in [2.24, 2.45) is 0 Å². The Kier molecular flexibility index (Phi) is 11.2. The van der Waals surface area contributed by atoms with E-state index in [1.807, 2.05) is 13.0 Å². The summed E-state index contributed by atoms with van der Waals surface area (Å²) in [5.41, 5.74) is 1.28. The van der Waals surface area contributed by atoms with Gasteiger partial charge < -0.3 is 15.5 Å². The molecule has 0 aliphatic rings. The van der Waals surface area contributed by atoms with Crippen molar-refractivity contribution in [2.45, 2.75) is 34.1 Å². The van der Waals surface area contributed by atoms with Gasteiger partial charge in [-0.2, -0.15) is 16.7 Å². The third-order valence-corrected chi connectivity index (χ3v) is 8.13.